The maximum atomic E-state index is 11.9. The molecule has 3 N–H and O–H groups in total. The van der Waals surface area contributed by atoms with E-state index in [1.54, 1.807) is 24.3 Å². The Labute approximate surface area is 124 Å². The Bertz CT molecular complexity index is 518. The van der Waals surface area contributed by atoms with Crippen LogP contribution in [-0.4, -0.2) is 23.7 Å². The summed E-state index contributed by atoms with van der Waals surface area (Å²) in [6.07, 6.45) is 4.64. The first kappa shape index (κ1) is 15.4. The maximum absolute atomic E-state index is 11.9. The van der Waals surface area contributed by atoms with Gasteiger partial charge < -0.3 is 15.7 Å². The fourth-order valence-corrected chi connectivity index (χ4v) is 2.71. The van der Waals surface area contributed by atoms with E-state index in [0.717, 1.165) is 6.42 Å². The molecule has 114 valence electrons. The van der Waals surface area contributed by atoms with Crippen LogP contribution >= 0.6 is 0 Å². The Morgan fingerprint density at radius 1 is 1.33 bits per heavy atom. The smallest absolute Gasteiger partial charge is 0.319 e. The van der Waals surface area contributed by atoms with Crippen molar-refractivity contribution in [2.45, 2.75) is 39.0 Å². The molecule has 1 aromatic rings. The van der Waals surface area contributed by atoms with E-state index >= 15 is 0 Å². The van der Waals surface area contributed by atoms with Gasteiger partial charge in [0.05, 0.1) is 6.42 Å². The lowest BCUT2D eigenvalue weighted by Gasteiger charge is -2.41. The van der Waals surface area contributed by atoms with Crippen molar-refractivity contribution in [2.24, 2.45) is 5.41 Å². The van der Waals surface area contributed by atoms with Gasteiger partial charge in [0.25, 0.3) is 0 Å². The lowest BCUT2D eigenvalue weighted by atomic mass is 9.67. The number of carbonyl (C=O) groups excluding carboxylic acids is 1. The zero-order valence-corrected chi connectivity index (χ0v) is 12.3. The Balaban J connectivity index is 1.86. The van der Waals surface area contributed by atoms with Gasteiger partial charge in [-0.15, -0.1) is 0 Å². The number of nitrogens with one attached hydrogen (secondary N) is 2. The highest BCUT2D eigenvalue weighted by Gasteiger charge is 2.35. The molecule has 0 radical (unpaired) electrons. The van der Waals surface area contributed by atoms with Gasteiger partial charge >= 0.3 is 12.0 Å². The molecule has 0 saturated heterocycles. The number of carbonyl (C=O) groups is 2. The molecule has 1 saturated carbocycles. The van der Waals surface area contributed by atoms with Crippen molar-refractivity contribution >= 4 is 17.7 Å². The van der Waals surface area contributed by atoms with Crippen LogP contribution < -0.4 is 10.6 Å². The fourth-order valence-electron chi connectivity index (χ4n) is 2.71. The highest BCUT2D eigenvalue weighted by Crippen LogP contribution is 2.42. The first-order valence-electron chi connectivity index (χ1n) is 7.39. The molecule has 0 spiro atoms. The second-order valence-electron chi connectivity index (χ2n) is 5.79. The van der Waals surface area contributed by atoms with Crippen LogP contribution in [0.1, 0.15) is 38.2 Å². The third-order valence-electron chi connectivity index (χ3n) is 4.33. The number of aliphatic carboxylic acids is 1. The number of amides is 2. The van der Waals surface area contributed by atoms with Gasteiger partial charge in [0.15, 0.2) is 0 Å². The number of hydrogen-bond acceptors (Lipinski definition) is 2. The lowest BCUT2D eigenvalue weighted by molar-refractivity contribution is -0.136. The van der Waals surface area contributed by atoms with E-state index in [-0.39, 0.29) is 17.9 Å². The Morgan fingerprint density at radius 2 is 2.10 bits per heavy atom. The molecular weight excluding hydrogens is 268 g/mol. The standard InChI is InChI=1S/C16H22N2O3/c1-2-16(7-4-8-16)11-17-15(21)18-13-6-3-5-12(9-13)10-14(19)20/h3,5-6,9H,2,4,7-8,10-11H2,1H3,(H,19,20)(H2,17,18,21). The zero-order valence-electron chi connectivity index (χ0n) is 12.3. The molecule has 0 atom stereocenters. The number of anilines is 1. The Hall–Kier alpha value is -2.04. The monoisotopic (exact) mass is 290 g/mol. The van der Waals surface area contributed by atoms with Crippen LogP contribution in [0.2, 0.25) is 0 Å². The second-order valence-corrected chi connectivity index (χ2v) is 5.79. The van der Waals surface area contributed by atoms with Gasteiger partial charge in [0, 0.05) is 12.2 Å². The third-order valence-corrected chi connectivity index (χ3v) is 4.33. The first-order valence-corrected chi connectivity index (χ1v) is 7.39. The molecule has 5 nitrogen and oxygen atoms in total. The summed E-state index contributed by atoms with van der Waals surface area (Å²) in [7, 11) is 0. The molecule has 1 aliphatic rings. The van der Waals surface area contributed by atoms with E-state index in [1.807, 2.05) is 0 Å². The molecule has 0 aromatic heterocycles. The van der Waals surface area contributed by atoms with Gasteiger partial charge in [0.1, 0.15) is 0 Å². The van der Waals surface area contributed by atoms with Crippen molar-refractivity contribution in [1.29, 1.82) is 0 Å². The summed E-state index contributed by atoms with van der Waals surface area (Å²) >= 11 is 0. The highest BCUT2D eigenvalue weighted by atomic mass is 16.4. The quantitative estimate of drug-likeness (QED) is 0.753. The van der Waals surface area contributed by atoms with E-state index in [0.29, 0.717) is 17.8 Å². The molecule has 2 rings (SSSR count). The normalized spacial score (nSPS) is 15.9. The van der Waals surface area contributed by atoms with Crippen LogP contribution in [0.15, 0.2) is 24.3 Å². The van der Waals surface area contributed by atoms with Crippen LogP contribution in [0.25, 0.3) is 0 Å². The van der Waals surface area contributed by atoms with Gasteiger partial charge in [-0.25, -0.2) is 4.79 Å². The number of rotatable bonds is 6. The molecule has 0 heterocycles. The van der Waals surface area contributed by atoms with Crippen LogP contribution in [0, 0.1) is 5.41 Å². The molecule has 1 aliphatic carbocycles. The van der Waals surface area contributed by atoms with Crippen molar-refractivity contribution in [3.05, 3.63) is 29.8 Å². The van der Waals surface area contributed by atoms with Crippen molar-refractivity contribution in [2.75, 3.05) is 11.9 Å². The van der Waals surface area contributed by atoms with E-state index in [9.17, 15) is 9.59 Å². The number of benzene rings is 1. The van der Waals surface area contributed by atoms with Crippen LogP contribution in [-0.2, 0) is 11.2 Å². The van der Waals surface area contributed by atoms with E-state index < -0.39 is 5.97 Å². The van der Waals surface area contributed by atoms with Crippen molar-refractivity contribution in [1.82, 2.24) is 5.32 Å². The fraction of sp³-hybridized carbons (Fsp3) is 0.500. The van der Waals surface area contributed by atoms with Gasteiger partial charge in [0.2, 0.25) is 0 Å². The van der Waals surface area contributed by atoms with Gasteiger partial charge in [-0.1, -0.05) is 25.5 Å². The molecule has 2 amide bonds. The second kappa shape index (κ2) is 6.61. The number of carboxylic acids is 1. The Kier molecular flexibility index (Phi) is 4.83. The lowest BCUT2D eigenvalue weighted by Crippen LogP contribution is -2.43. The van der Waals surface area contributed by atoms with Crippen LogP contribution in [0.4, 0.5) is 10.5 Å². The van der Waals surface area contributed by atoms with Gasteiger partial charge in [-0.3, -0.25) is 4.79 Å². The van der Waals surface area contributed by atoms with Crippen molar-refractivity contribution < 1.29 is 14.7 Å². The minimum absolute atomic E-state index is 0.0456. The van der Waals surface area contributed by atoms with Gasteiger partial charge in [-0.2, -0.15) is 0 Å². The minimum atomic E-state index is -0.883. The third kappa shape index (κ3) is 4.21. The van der Waals surface area contributed by atoms with Gasteiger partial charge in [-0.05, 0) is 42.4 Å². The number of urea groups is 1. The van der Waals surface area contributed by atoms with E-state index in [4.69, 9.17) is 5.11 Å². The summed E-state index contributed by atoms with van der Waals surface area (Å²) in [5.74, 6) is -0.883. The van der Waals surface area contributed by atoms with Crippen molar-refractivity contribution in [3.8, 4) is 0 Å². The average molecular weight is 290 g/mol. The molecule has 1 aromatic carbocycles. The summed E-state index contributed by atoms with van der Waals surface area (Å²) in [5.41, 5.74) is 1.57. The highest BCUT2D eigenvalue weighted by molar-refractivity contribution is 5.89. The predicted molar refractivity (Wildman–Crippen MR) is 81.4 cm³/mol. The van der Waals surface area contributed by atoms with Crippen LogP contribution in [0.5, 0.6) is 0 Å². The summed E-state index contributed by atoms with van der Waals surface area (Å²) < 4.78 is 0. The topological polar surface area (TPSA) is 78.4 Å². The summed E-state index contributed by atoms with van der Waals surface area (Å²) in [5, 5.41) is 14.5. The molecule has 0 aliphatic heterocycles. The molecule has 0 bridgehead atoms. The SMILES string of the molecule is CCC1(CNC(=O)Nc2cccc(CC(=O)O)c2)CCC1. The Morgan fingerprint density at radius 3 is 2.67 bits per heavy atom. The number of carboxylic acid groups (broad SMARTS) is 1. The zero-order chi connectivity index (χ0) is 15.3. The summed E-state index contributed by atoms with van der Waals surface area (Å²) in [6, 6.07) is 6.68. The van der Waals surface area contributed by atoms with E-state index in [1.165, 1.54) is 19.3 Å². The first-order chi connectivity index (χ1) is 10.0. The van der Waals surface area contributed by atoms with E-state index in [2.05, 4.69) is 17.6 Å². The van der Waals surface area contributed by atoms with Crippen molar-refractivity contribution in [3.63, 3.8) is 0 Å². The largest absolute Gasteiger partial charge is 0.481 e. The molecule has 5 heteroatoms. The van der Waals surface area contributed by atoms with Crippen LogP contribution in [0.3, 0.4) is 0 Å². The summed E-state index contributed by atoms with van der Waals surface area (Å²) in [6.45, 7) is 2.86. The maximum Gasteiger partial charge on any atom is 0.319 e. The predicted octanol–water partition coefficient (Wildman–Crippen LogP) is 3.02. The molecular formula is C16H22N2O3. The molecule has 0 unspecified atom stereocenters. The average Bonchev–Trinajstić information content (AvgIpc) is 2.37. The summed E-state index contributed by atoms with van der Waals surface area (Å²) in [4.78, 5) is 22.6. The molecule has 1 fully saturated rings. The molecule has 21 heavy (non-hydrogen) atoms. The number of hydrogen-bond donors (Lipinski definition) is 3. The minimum Gasteiger partial charge on any atom is -0.481 e.